The van der Waals surface area contributed by atoms with Gasteiger partial charge in [-0.05, 0) is 37.5 Å². The summed E-state index contributed by atoms with van der Waals surface area (Å²) in [6.07, 6.45) is 3.48. The van der Waals surface area contributed by atoms with E-state index in [0.29, 0.717) is 41.1 Å². The van der Waals surface area contributed by atoms with Gasteiger partial charge in [-0.25, -0.2) is 4.68 Å². The number of nitrogens with zero attached hydrogens (tertiary/aromatic N) is 4. The van der Waals surface area contributed by atoms with Gasteiger partial charge >= 0.3 is 0 Å². The number of rotatable bonds is 4. The molecule has 7 heteroatoms. The van der Waals surface area contributed by atoms with Crippen molar-refractivity contribution >= 4 is 35.2 Å². The highest BCUT2D eigenvalue weighted by Crippen LogP contribution is 2.26. The predicted molar refractivity (Wildman–Crippen MR) is 102 cm³/mol. The van der Waals surface area contributed by atoms with Crippen LogP contribution < -0.4 is 0 Å². The van der Waals surface area contributed by atoms with Crippen molar-refractivity contribution in [3.63, 3.8) is 0 Å². The molecule has 0 atom stereocenters. The van der Waals surface area contributed by atoms with Crippen LogP contribution >= 0.6 is 23.2 Å². The number of aryl methyl sites for hydroxylation is 1. The molecule has 1 saturated heterocycles. The number of carbonyl (C=O) groups excluding carboxylic acids is 1. The second-order valence-corrected chi connectivity index (χ2v) is 6.97. The van der Waals surface area contributed by atoms with Crippen LogP contribution in [0.5, 0.6) is 0 Å². The molecule has 3 rings (SSSR count). The number of aromatic nitrogens is 2. The monoisotopic (exact) mass is 388 g/mol. The Kier molecular flexibility index (Phi) is 5.65. The molecule has 0 N–H and O–H groups in total. The summed E-state index contributed by atoms with van der Waals surface area (Å²) >= 11 is 12.7. The highest BCUT2D eigenvalue weighted by Gasteiger charge is 2.23. The molecule has 1 fully saturated rings. The highest BCUT2D eigenvalue weighted by atomic mass is 35.5. The van der Waals surface area contributed by atoms with Crippen LogP contribution in [0.4, 0.5) is 0 Å². The first kappa shape index (κ1) is 18.5. The molecule has 0 aliphatic carbocycles. The molecule has 134 valence electrons. The molecular formula is C19H18Cl2N4O. The van der Waals surface area contributed by atoms with Crippen LogP contribution in [0.3, 0.4) is 0 Å². The Morgan fingerprint density at radius 1 is 1.31 bits per heavy atom. The van der Waals surface area contributed by atoms with Gasteiger partial charge in [-0.1, -0.05) is 41.4 Å². The maximum atomic E-state index is 12.5. The number of nitriles is 1. The van der Waals surface area contributed by atoms with Crippen LogP contribution in [0.25, 0.3) is 6.08 Å². The van der Waals surface area contributed by atoms with Crippen LogP contribution in [0.2, 0.25) is 10.2 Å². The molecule has 1 aromatic carbocycles. The van der Waals surface area contributed by atoms with E-state index in [1.54, 1.807) is 16.5 Å². The fourth-order valence-electron chi connectivity index (χ4n) is 3.00. The third-order valence-corrected chi connectivity index (χ3v) is 5.19. The van der Waals surface area contributed by atoms with E-state index < -0.39 is 0 Å². The number of carbonyl (C=O) groups is 1. The number of amides is 1. The molecule has 0 saturated carbocycles. The molecular weight excluding hydrogens is 371 g/mol. The largest absolute Gasteiger partial charge is 0.338 e. The van der Waals surface area contributed by atoms with Gasteiger partial charge in [0.15, 0.2) is 0 Å². The summed E-state index contributed by atoms with van der Waals surface area (Å²) in [5, 5.41) is 14.9. The Labute approximate surface area is 162 Å². The lowest BCUT2D eigenvalue weighted by molar-refractivity contribution is -0.125. The lowest BCUT2D eigenvalue weighted by Gasteiger charge is -2.14. The van der Waals surface area contributed by atoms with Crippen molar-refractivity contribution in [3.8, 4) is 6.07 Å². The zero-order chi connectivity index (χ0) is 18.7. The van der Waals surface area contributed by atoms with Crippen molar-refractivity contribution in [1.82, 2.24) is 14.7 Å². The van der Waals surface area contributed by atoms with Gasteiger partial charge in [0.2, 0.25) is 0 Å². The molecule has 0 bridgehead atoms. The van der Waals surface area contributed by atoms with Crippen molar-refractivity contribution in [1.29, 1.82) is 5.26 Å². The van der Waals surface area contributed by atoms with Gasteiger partial charge in [0, 0.05) is 23.7 Å². The van der Waals surface area contributed by atoms with E-state index >= 15 is 0 Å². The van der Waals surface area contributed by atoms with Crippen molar-refractivity contribution in [2.75, 3.05) is 13.1 Å². The van der Waals surface area contributed by atoms with Crippen LogP contribution in [-0.2, 0) is 11.3 Å². The van der Waals surface area contributed by atoms with Crippen LogP contribution in [0.15, 0.2) is 29.8 Å². The van der Waals surface area contributed by atoms with Gasteiger partial charge in [0.25, 0.3) is 5.91 Å². The zero-order valence-corrected chi connectivity index (χ0v) is 15.9. The average Bonchev–Trinajstić information content (AvgIpc) is 3.25. The molecule has 2 aromatic rings. The van der Waals surface area contributed by atoms with E-state index in [-0.39, 0.29) is 11.5 Å². The minimum Gasteiger partial charge on any atom is -0.338 e. The molecule has 1 aliphatic rings. The zero-order valence-electron chi connectivity index (χ0n) is 14.4. The molecule has 0 radical (unpaired) electrons. The first-order chi connectivity index (χ1) is 12.5. The summed E-state index contributed by atoms with van der Waals surface area (Å²) in [6, 6.07) is 9.48. The summed E-state index contributed by atoms with van der Waals surface area (Å²) in [4.78, 5) is 14.2. The van der Waals surface area contributed by atoms with Gasteiger partial charge < -0.3 is 4.90 Å². The first-order valence-corrected chi connectivity index (χ1v) is 9.14. The number of likely N-dealkylation sites (tertiary alicyclic amines) is 1. The maximum absolute atomic E-state index is 12.5. The molecule has 5 nitrogen and oxygen atoms in total. The maximum Gasteiger partial charge on any atom is 0.264 e. The standard InChI is InChI=1S/C19H18Cl2N4O/c1-13-16(10-15(11-22)19(26)24-8-4-5-9-24)18(21)25(23-13)12-14-6-2-3-7-17(14)20/h2-3,6-7,10H,4-5,8-9,12H2,1H3/b15-10+. The van der Waals surface area contributed by atoms with E-state index in [1.165, 1.54) is 6.08 Å². The topological polar surface area (TPSA) is 61.9 Å². The lowest BCUT2D eigenvalue weighted by Crippen LogP contribution is -2.28. The Balaban J connectivity index is 1.91. The smallest absolute Gasteiger partial charge is 0.264 e. The Hall–Kier alpha value is -2.29. The van der Waals surface area contributed by atoms with Crippen molar-refractivity contribution in [2.45, 2.75) is 26.3 Å². The lowest BCUT2D eigenvalue weighted by atomic mass is 10.1. The third kappa shape index (κ3) is 3.77. The fraction of sp³-hybridized carbons (Fsp3) is 0.316. The van der Waals surface area contributed by atoms with Gasteiger partial charge in [0.1, 0.15) is 16.8 Å². The quantitative estimate of drug-likeness (QED) is 0.585. The first-order valence-electron chi connectivity index (χ1n) is 8.38. The van der Waals surface area contributed by atoms with Gasteiger partial charge in [0.05, 0.1) is 12.2 Å². The highest BCUT2D eigenvalue weighted by molar-refractivity contribution is 6.32. The van der Waals surface area contributed by atoms with Gasteiger partial charge in [-0.3, -0.25) is 4.79 Å². The van der Waals surface area contributed by atoms with Crippen molar-refractivity contribution in [3.05, 3.63) is 56.8 Å². The van der Waals surface area contributed by atoms with Gasteiger partial charge in [-0.15, -0.1) is 0 Å². The molecule has 2 heterocycles. The van der Waals surface area contributed by atoms with Crippen molar-refractivity contribution < 1.29 is 4.79 Å². The number of hydrogen-bond acceptors (Lipinski definition) is 3. The molecule has 1 aliphatic heterocycles. The van der Waals surface area contributed by atoms with Crippen molar-refractivity contribution in [2.24, 2.45) is 0 Å². The summed E-state index contributed by atoms with van der Waals surface area (Å²) in [7, 11) is 0. The van der Waals surface area contributed by atoms with E-state index in [4.69, 9.17) is 23.2 Å². The number of halogens is 2. The normalized spacial score (nSPS) is 14.5. The van der Waals surface area contributed by atoms with E-state index in [9.17, 15) is 10.1 Å². The summed E-state index contributed by atoms with van der Waals surface area (Å²) < 4.78 is 1.62. The van der Waals surface area contributed by atoms with Crippen LogP contribution in [-0.4, -0.2) is 33.7 Å². The molecule has 0 unspecified atom stereocenters. The Bertz CT molecular complexity index is 905. The number of benzene rings is 1. The minimum absolute atomic E-state index is 0.0780. The average molecular weight is 389 g/mol. The van der Waals surface area contributed by atoms with Gasteiger partial charge in [-0.2, -0.15) is 10.4 Å². The van der Waals surface area contributed by atoms with Crippen LogP contribution in [0.1, 0.15) is 29.7 Å². The summed E-state index contributed by atoms with van der Waals surface area (Å²) in [6.45, 7) is 3.60. The summed E-state index contributed by atoms with van der Waals surface area (Å²) in [5.74, 6) is -0.251. The van der Waals surface area contributed by atoms with Crippen LogP contribution in [0, 0.1) is 18.3 Å². The minimum atomic E-state index is -0.251. The molecule has 26 heavy (non-hydrogen) atoms. The predicted octanol–water partition coefficient (Wildman–Crippen LogP) is 4.08. The molecule has 1 amide bonds. The number of hydrogen-bond donors (Lipinski definition) is 0. The Morgan fingerprint density at radius 3 is 2.65 bits per heavy atom. The van der Waals surface area contributed by atoms with E-state index in [1.807, 2.05) is 30.3 Å². The van der Waals surface area contributed by atoms with E-state index in [2.05, 4.69) is 5.10 Å². The molecule has 1 aromatic heterocycles. The van der Waals surface area contributed by atoms with E-state index in [0.717, 1.165) is 18.4 Å². The molecule has 0 spiro atoms. The fourth-order valence-corrected chi connectivity index (χ4v) is 3.48. The third-order valence-electron chi connectivity index (χ3n) is 4.42. The Morgan fingerprint density at radius 2 is 2.00 bits per heavy atom. The SMILES string of the molecule is Cc1nn(Cc2ccccc2Cl)c(Cl)c1/C=C(\C#N)C(=O)N1CCCC1. The summed E-state index contributed by atoms with van der Waals surface area (Å²) in [5.41, 5.74) is 2.21. The second kappa shape index (κ2) is 7.94. The second-order valence-electron chi connectivity index (χ2n) is 6.21.